The fourth-order valence-electron chi connectivity index (χ4n) is 2.46. The van der Waals surface area contributed by atoms with Crippen molar-refractivity contribution in [3.05, 3.63) is 23.9 Å². The van der Waals surface area contributed by atoms with Gasteiger partial charge in [-0.3, -0.25) is 4.79 Å². The van der Waals surface area contributed by atoms with Gasteiger partial charge in [0.1, 0.15) is 18.9 Å². The molecule has 0 saturated carbocycles. The van der Waals surface area contributed by atoms with Gasteiger partial charge in [0.2, 0.25) is 0 Å². The molecule has 0 aliphatic carbocycles. The summed E-state index contributed by atoms with van der Waals surface area (Å²) in [5, 5.41) is 0. The molecular weight excluding hydrogens is 266 g/mol. The zero-order valence-corrected chi connectivity index (χ0v) is 14.1. The molecule has 1 rings (SSSR count). The summed E-state index contributed by atoms with van der Waals surface area (Å²) in [7, 11) is 3.65. The van der Waals surface area contributed by atoms with Crippen LogP contribution >= 0.6 is 0 Å². The first kappa shape index (κ1) is 17.6. The molecule has 0 aromatic carbocycles. The maximum absolute atomic E-state index is 11.7. The van der Waals surface area contributed by atoms with Crippen molar-refractivity contribution < 1.29 is 18.8 Å². The van der Waals surface area contributed by atoms with Gasteiger partial charge in [0, 0.05) is 19.1 Å². The van der Waals surface area contributed by atoms with Crippen LogP contribution in [0.3, 0.4) is 0 Å². The number of ketones is 1. The molecule has 0 N–H and O–H groups in total. The first-order chi connectivity index (χ1) is 9.96. The lowest BCUT2D eigenvalue weighted by Crippen LogP contribution is -2.39. The van der Waals surface area contributed by atoms with E-state index in [0.29, 0.717) is 0 Å². The van der Waals surface area contributed by atoms with Crippen LogP contribution in [0, 0.1) is 0 Å². The summed E-state index contributed by atoms with van der Waals surface area (Å²) in [6, 6.07) is 3.90. The Morgan fingerprint density at radius 2 is 1.90 bits per heavy atom. The minimum Gasteiger partial charge on any atom is -0.438 e. The molecule has 4 heteroatoms. The van der Waals surface area contributed by atoms with Gasteiger partial charge < -0.3 is 9.47 Å². The van der Waals surface area contributed by atoms with E-state index in [1.165, 1.54) is 0 Å². The van der Waals surface area contributed by atoms with Crippen molar-refractivity contribution in [2.24, 2.45) is 7.05 Å². The van der Waals surface area contributed by atoms with E-state index < -0.39 is 0 Å². The van der Waals surface area contributed by atoms with E-state index in [-0.39, 0.29) is 23.9 Å². The zero-order valence-electron chi connectivity index (χ0n) is 14.1. The van der Waals surface area contributed by atoms with E-state index in [4.69, 9.17) is 9.47 Å². The molecule has 118 valence electrons. The number of carbonyl (C=O) groups is 1. The summed E-state index contributed by atoms with van der Waals surface area (Å²) < 4.78 is 13.7. The minimum atomic E-state index is -0.174. The number of pyridine rings is 1. The molecule has 21 heavy (non-hydrogen) atoms. The monoisotopic (exact) mass is 294 g/mol. The van der Waals surface area contributed by atoms with E-state index in [1.54, 1.807) is 14.0 Å². The Morgan fingerprint density at radius 1 is 1.29 bits per heavy atom. The number of Topliss-reactive ketones (excluding diaryl/α,β-unsaturated/α-hetero) is 1. The Morgan fingerprint density at radius 3 is 2.38 bits per heavy atom. The van der Waals surface area contributed by atoms with Gasteiger partial charge in [-0.15, -0.1) is 0 Å². The number of ether oxygens (including phenoxy) is 2. The number of nitrogens with zero attached hydrogens (tertiary/aromatic N) is 1. The van der Waals surface area contributed by atoms with Crippen LogP contribution in [0.25, 0.3) is 0 Å². The Hall–Kier alpha value is -1.42. The number of aromatic nitrogens is 1. The van der Waals surface area contributed by atoms with Crippen LogP contribution in [0.15, 0.2) is 18.3 Å². The van der Waals surface area contributed by atoms with Gasteiger partial charge in [-0.05, 0) is 25.8 Å². The lowest BCUT2D eigenvalue weighted by atomic mass is 9.98. The van der Waals surface area contributed by atoms with Gasteiger partial charge in [0.05, 0.1) is 11.7 Å². The molecule has 0 bridgehead atoms. The van der Waals surface area contributed by atoms with Crippen LogP contribution in [0.5, 0.6) is 5.88 Å². The smallest absolute Gasteiger partial charge is 0.371 e. The van der Waals surface area contributed by atoms with E-state index in [1.807, 2.05) is 36.9 Å². The highest BCUT2D eigenvalue weighted by Gasteiger charge is 2.28. The third-order valence-corrected chi connectivity index (χ3v) is 4.01. The Bertz CT molecular complexity index is 469. The molecule has 1 aromatic rings. The topological polar surface area (TPSA) is 39.4 Å². The molecule has 0 aliphatic heterocycles. The predicted molar refractivity (Wildman–Crippen MR) is 82.5 cm³/mol. The highest BCUT2D eigenvalue weighted by atomic mass is 16.5. The fourth-order valence-corrected chi connectivity index (χ4v) is 2.46. The quantitative estimate of drug-likeness (QED) is 0.692. The van der Waals surface area contributed by atoms with Gasteiger partial charge in [-0.25, -0.2) is 0 Å². The Kier molecular flexibility index (Phi) is 6.82. The molecule has 1 aromatic heterocycles. The molecule has 0 fully saturated rings. The zero-order chi connectivity index (χ0) is 16.0. The molecular formula is C17H28NO3+. The van der Waals surface area contributed by atoms with Crippen LogP contribution in [-0.4, -0.2) is 25.1 Å². The summed E-state index contributed by atoms with van der Waals surface area (Å²) >= 11 is 0. The molecule has 3 atom stereocenters. The fraction of sp³-hybridized carbons (Fsp3) is 0.647. The first-order valence-corrected chi connectivity index (χ1v) is 7.64. The minimum absolute atomic E-state index is 0.0218. The van der Waals surface area contributed by atoms with Crippen LogP contribution in [0.1, 0.15) is 52.0 Å². The van der Waals surface area contributed by atoms with Crippen molar-refractivity contribution in [3.63, 3.8) is 0 Å². The van der Waals surface area contributed by atoms with Gasteiger partial charge in [0.25, 0.3) is 0 Å². The number of methoxy groups -OCH3 is 1. The number of carbonyl (C=O) groups excluding carboxylic acids is 1. The summed E-state index contributed by atoms with van der Waals surface area (Å²) in [6.07, 6.45) is 3.71. The lowest BCUT2D eigenvalue weighted by Gasteiger charge is -2.24. The third kappa shape index (κ3) is 4.27. The van der Waals surface area contributed by atoms with E-state index in [0.717, 1.165) is 24.3 Å². The van der Waals surface area contributed by atoms with Gasteiger partial charge in [-0.1, -0.05) is 20.8 Å². The highest BCUT2D eigenvalue weighted by Crippen LogP contribution is 2.26. The van der Waals surface area contributed by atoms with E-state index in [9.17, 15) is 4.79 Å². The standard InChI is InChI=1S/C17H28NO3/c1-7-15(20-6)16(8-2)21-17-14(12(3)13(4)19)10-9-11-18(17)5/h9-12,15-16H,7-8H2,1-6H3/q+1. The number of hydrogen-bond donors (Lipinski definition) is 0. The van der Waals surface area contributed by atoms with Crippen molar-refractivity contribution in [3.8, 4) is 5.88 Å². The van der Waals surface area contributed by atoms with Crippen molar-refractivity contribution in [2.45, 2.75) is 58.7 Å². The Balaban J connectivity index is 3.13. The van der Waals surface area contributed by atoms with Crippen LogP contribution in [0.2, 0.25) is 0 Å². The third-order valence-electron chi connectivity index (χ3n) is 4.01. The van der Waals surface area contributed by atoms with Gasteiger partial charge in [-0.2, -0.15) is 4.57 Å². The summed E-state index contributed by atoms with van der Waals surface area (Å²) in [4.78, 5) is 11.7. The van der Waals surface area contributed by atoms with Crippen molar-refractivity contribution in [1.82, 2.24) is 0 Å². The van der Waals surface area contributed by atoms with Crippen LogP contribution in [0.4, 0.5) is 0 Å². The molecule has 0 saturated heterocycles. The summed E-state index contributed by atoms with van der Waals surface area (Å²) in [6.45, 7) is 7.70. The molecule has 3 unspecified atom stereocenters. The maximum atomic E-state index is 11.7. The largest absolute Gasteiger partial charge is 0.438 e. The molecule has 0 aliphatic rings. The average Bonchev–Trinajstić information content (AvgIpc) is 2.47. The molecule has 1 heterocycles. The van der Waals surface area contributed by atoms with Crippen molar-refractivity contribution in [2.75, 3.05) is 7.11 Å². The second-order valence-electron chi connectivity index (χ2n) is 5.46. The van der Waals surface area contributed by atoms with Gasteiger partial charge in [0.15, 0.2) is 6.20 Å². The summed E-state index contributed by atoms with van der Waals surface area (Å²) in [5.41, 5.74) is 0.928. The predicted octanol–water partition coefficient (Wildman–Crippen LogP) is 2.79. The highest BCUT2D eigenvalue weighted by molar-refractivity contribution is 5.83. The first-order valence-electron chi connectivity index (χ1n) is 7.64. The molecule has 0 amide bonds. The van der Waals surface area contributed by atoms with Crippen molar-refractivity contribution >= 4 is 5.78 Å². The second kappa shape index (κ2) is 8.13. The van der Waals surface area contributed by atoms with E-state index >= 15 is 0 Å². The second-order valence-corrected chi connectivity index (χ2v) is 5.46. The van der Waals surface area contributed by atoms with Crippen LogP contribution in [-0.2, 0) is 16.6 Å². The molecule has 4 nitrogen and oxygen atoms in total. The SMILES string of the molecule is CCC(OC)C(CC)Oc1c(C(C)C(C)=O)ccc[n+]1C. The van der Waals surface area contributed by atoms with Crippen LogP contribution < -0.4 is 9.30 Å². The van der Waals surface area contributed by atoms with Gasteiger partial charge >= 0.3 is 5.88 Å². The van der Waals surface area contributed by atoms with E-state index in [2.05, 4.69) is 13.8 Å². The maximum Gasteiger partial charge on any atom is 0.371 e. The number of rotatable bonds is 8. The number of aryl methyl sites for hydroxylation is 1. The number of hydrogen-bond acceptors (Lipinski definition) is 3. The van der Waals surface area contributed by atoms with Crippen molar-refractivity contribution in [1.29, 1.82) is 0 Å². The molecule has 0 radical (unpaired) electrons. The normalized spacial score (nSPS) is 15.3. The Labute approximate surface area is 128 Å². The molecule has 0 spiro atoms. The summed E-state index contributed by atoms with van der Waals surface area (Å²) in [5.74, 6) is 0.716. The average molecular weight is 294 g/mol. The lowest BCUT2D eigenvalue weighted by molar-refractivity contribution is -0.678.